The Bertz CT molecular complexity index is 1270. The molecule has 1 unspecified atom stereocenters. The number of carbonyl (C=O) groups excluding carboxylic acids is 2. The Labute approximate surface area is 196 Å². The van der Waals surface area contributed by atoms with E-state index >= 15 is 0 Å². The molecule has 1 atom stereocenters. The van der Waals surface area contributed by atoms with Crippen LogP contribution in [-0.4, -0.2) is 62.4 Å². The molecule has 1 aliphatic heterocycles. The molecule has 34 heavy (non-hydrogen) atoms. The normalized spacial score (nSPS) is 15.5. The van der Waals surface area contributed by atoms with Gasteiger partial charge in [-0.05, 0) is 37.5 Å². The monoisotopic (exact) mass is 460 g/mol. The van der Waals surface area contributed by atoms with Gasteiger partial charge >= 0.3 is 0 Å². The molecule has 3 N–H and O–H groups in total. The minimum atomic E-state index is -1.18. The summed E-state index contributed by atoms with van der Waals surface area (Å²) < 4.78 is 5.74. The van der Waals surface area contributed by atoms with Gasteiger partial charge in [0.2, 0.25) is 5.82 Å². The highest BCUT2D eigenvalue weighted by molar-refractivity contribution is 6.01. The lowest BCUT2D eigenvalue weighted by Crippen LogP contribution is -2.49. The van der Waals surface area contributed by atoms with E-state index in [9.17, 15) is 14.7 Å². The van der Waals surface area contributed by atoms with E-state index in [2.05, 4.69) is 37.3 Å². The van der Waals surface area contributed by atoms with Crippen LogP contribution >= 0.6 is 0 Å². The highest BCUT2D eigenvalue weighted by atomic mass is 16.5. The van der Waals surface area contributed by atoms with Crippen molar-refractivity contribution >= 4 is 17.6 Å². The SMILES string of the molecule is CN1C(=O)C(NC(=O)c2n[nH]c(Cc3ccccc3)n2)COc2ccc(C#CC(C)(C)O)nc21. The van der Waals surface area contributed by atoms with Crippen LogP contribution in [0.25, 0.3) is 0 Å². The van der Waals surface area contributed by atoms with Crippen molar-refractivity contribution in [3.05, 3.63) is 65.4 Å². The molecule has 0 saturated heterocycles. The molecule has 10 heteroatoms. The fraction of sp³-hybridized carbons (Fsp3) is 0.292. The van der Waals surface area contributed by atoms with Crippen LogP contribution in [0.4, 0.5) is 5.82 Å². The van der Waals surface area contributed by atoms with Crippen molar-refractivity contribution in [3.8, 4) is 17.6 Å². The molecule has 0 spiro atoms. The Morgan fingerprint density at radius 3 is 2.76 bits per heavy atom. The van der Waals surface area contributed by atoms with Gasteiger partial charge in [-0.2, -0.15) is 0 Å². The van der Waals surface area contributed by atoms with Gasteiger partial charge in [-0.3, -0.25) is 19.6 Å². The first-order chi connectivity index (χ1) is 16.2. The fourth-order valence-corrected chi connectivity index (χ4v) is 3.25. The van der Waals surface area contributed by atoms with E-state index in [1.807, 2.05) is 30.3 Å². The second-order valence-electron chi connectivity index (χ2n) is 8.33. The minimum absolute atomic E-state index is 0.0644. The van der Waals surface area contributed by atoms with Gasteiger partial charge in [0.25, 0.3) is 11.8 Å². The lowest BCUT2D eigenvalue weighted by atomic mass is 10.1. The maximum atomic E-state index is 13.0. The van der Waals surface area contributed by atoms with Crippen LogP contribution in [0.3, 0.4) is 0 Å². The van der Waals surface area contributed by atoms with E-state index in [1.165, 1.54) is 4.90 Å². The highest BCUT2D eigenvalue weighted by Gasteiger charge is 2.32. The van der Waals surface area contributed by atoms with Crippen LogP contribution in [0.15, 0.2) is 42.5 Å². The van der Waals surface area contributed by atoms with Crippen LogP contribution in [0.1, 0.15) is 41.5 Å². The first-order valence-corrected chi connectivity index (χ1v) is 10.6. The first kappa shape index (κ1) is 22.9. The predicted octanol–water partition coefficient (Wildman–Crippen LogP) is 1.07. The van der Waals surface area contributed by atoms with Crippen molar-refractivity contribution in [2.75, 3.05) is 18.6 Å². The Morgan fingerprint density at radius 2 is 2.03 bits per heavy atom. The van der Waals surface area contributed by atoms with Gasteiger partial charge in [-0.25, -0.2) is 9.97 Å². The van der Waals surface area contributed by atoms with Crippen LogP contribution in [-0.2, 0) is 11.2 Å². The summed E-state index contributed by atoms with van der Waals surface area (Å²) in [6.45, 7) is 3.04. The number of pyridine rings is 1. The number of fused-ring (bicyclic) bond motifs is 1. The number of aliphatic hydroxyl groups is 1. The van der Waals surface area contributed by atoms with E-state index in [-0.39, 0.29) is 18.2 Å². The van der Waals surface area contributed by atoms with Crippen molar-refractivity contribution in [1.29, 1.82) is 0 Å². The van der Waals surface area contributed by atoms with Crippen LogP contribution in [0.5, 0.6) is 5.75 Å². The highest BCUT2D eigenvalue weighted by Crippen LogP contribution is 2.28. The van der Waals surface area contributed by atoms with Gasteiger partial charge in [0, 0.05) is 13.5 Å². The molecule has 0 bridgehead atoms. The Hall–Kier alpha value is -4.23. The number of nitrogens with one attached hydrogen (secondary N) is 2. The van der Waals surface area contributed by atoms with Crippen LogP contribution in [0, 0.1) is 11.8 Å². The van der Waals surface area contributed by atoms with E-state index in [4.69, 9.17) is 4.74 Å². The average Bonchev–Trinajstić information content (AvgIpc) is 3.24. The van der Waals surface area contributed by atoms with Crippen molar-refractivity contribution in [2.24, 2.45) is 0 Å². The zero-order valence-electron chi connectivity index (χ0n) is 19.0. The molecule has 2 amide bonds. The number of aromatic nitrogens is 4. The molecule has 2 aromatic heterocycles. The summed E-state index contributed by atoms with van der Waals surface area (Å²) in [4.78, 5) is 35.6. The van der Waals surface area contributed by atoms with E-state index in [0.717, 1.165) is 5.56 Å². The van der Waals surface area contributed by atoms with Gasteiger partial charge in [0.05, 0.1) is 0 Å². The molecular weight excluding hydrogens is 436 g/mol. The van der Waals surface area contributed by atoms with Gasteiger partial charge in [-0.15, -0.1) is 5.10 Å². The molecule has 0 saturated carbocycles. The second-order valence-corrected chi connectivity index (χ2v) is 8.33. The van der Waals surface area contributed by atoms with Crippen molar-refractivity contribution in [3.63, 3.8) is 0 Å². The topological polar surface area (TPSA) is 133 Å². The summed E-state index contributed by atoms with van der Waals surface area (Å²) in [6, 6.07) is 12.0. The Morgan fingerprint density at radius 1 is 1.26 bits per heavy atom. The summed E-state index contributed by atoms with van der Waals surface area (Å²) in [5, 5.41) is 19.2. The van der Waals surface area contributed by atoms with Crippen LogP contribution in [0.2, 0.25) is 0 Å². The minimum Gasteiger partial charge on any atom is -0.487 e. The molecule has 174 valence electrons. The Balaban J connectivity index is 1.46. The first-order valence-electron chi connectivity index (χ1n) is 10.6. The summed E-state index contributed by atoms with van der Waals surface area (Å²) in [5.74, 6) is 5.58. The predicted molar refractivity (Wildman–Crippen MR) is 123 cm³/mol. The van der Waals surface area contributed by atoms with Crippen LogP contribution < -0.4 is 15.0 Å². The lowest BCUT2D eigenvalue weighted by Gasteiger charge is -2.19. The van der Waals surface area contributed by atoms with E-state index in [1.54, 1.807) is 33.0 Å². The smallest absolute Gasteiger partial charge is 0.291 e. The number of ether oxygens (including phenoxy) is 1. The number of amides is 2. The molecule has 1 aromatic carbocycles. The number of nitrogens with zero attached hydrogens (tertiary/aromatic N) is 4. The molecule has 10 nitrogen and oxygen atoms in total. The number of benzene rings is 1. The zero-order valence-corrected chi connectivity index (χ0v) is 19.0. The van der Waals surface area contributed by atoms with Gasteiger partial charge in [0.1, 0.15) is 29.8 Å². The van der Waals surface area contributed by atoms with Gasteiger partial charge < -0.3 is 15.2 Å². The number of rotatable bonds is 4. The number of H-pyrrole nitrogens is 1. The number of likely N-dealkylation sites (N-methyl/N-ethyl adjacent to an activating group) is 1. The largest absolute Gasteiger partial charge is 0.487 e. The third-order valence-corrected chi connectivity index (χ3v) is 4.94. The maximum Gasteiger partial charge on any atom is 0.291 e. The average molecular weight is 460 g/mol. The maximum absolute atomic E-state index is 13.0. The molecule has 0 fully saturated rings. The Kier molecular flexibility index (Phi) is 6.30. The zero-order chi connectivity index (χ0) is 24.3. The molecule has 3 heterocycles. The standard InChI is InChI=1S/C24H24N6O4/c1-24(2,33)12-11-16-9-10-18-21(25-16)30(3)23(32)17(14-34-18)26-22(31)20-27-19(28-29-20)13-15-7-5-4-6-8-15/h4-10,17,33H,13-14H2,1-3H3,(H,26,31)(H,27,28,29). The molecule has 0 aliphatic carbocycles. The molecular formula is C24H24N6O4. The van der Waals surface area contributed by atoms with E-state index < -0.39 is 23.5 Å². The molecule has 4 rings (SSSR count). The summed E-state index contributed by atoms with van der Waals surface area (Å²) in [7, 11) is 1.54. The fourth-order valence-electron chi connectivity index (χ4n) is 3.25. The number of hydrogen-bond donors (Lipinski definition) is 3. The number of carbonyl (C=O) groups is 2. The van der Waals surface area contributed by atoms with E-state index in [0.29, 0.717) is 23.7 Å². The third-order valence-electron chi connectivity index (χ3n) is 4.94. The number of hydrogen-bond acceptors (Lipinski definition) is 7. The molecule has 1 aliphatic rings. The molecule has 3 aromatic rings. The number of anilines is 1. The summed E-state index contributed by atoms with van der Waals surface area (Å²) >= 11 is 0. The third kappa shape index (κ3) is 5.39. The molecule has 0 radical (unpaired) electrons. The van der Waals surface area contributed by atoms with Crippen molar-refractivity contribution < 1.29 is 19.4 Å². The van der Waals surface area contributed by atoms with Gasteiger partial charge in [-0.1, -0.05) is 36.3 Å². The summed E-state index contributed by atoms with van der Waals surface area (Å²) in [6.07, 6.45) is 0.495. The lowest BCUT2D eigenvalue weighted by molar-refractivity contribution is -0.120. The quantitative estimate of drug-likeness (QED) is 0.496. The number of aromatic amines is 1. The summed E-state index contributed by atoms with van der Waals surface area (Å²) in [5.41, 5.74) is 0.221. The van der Waals surface area contributed by atoms with Gasteiger partial charge in [0.15, 0.2) is 11.6 Å². The second kappa shape index (κ2) is 9.33. The van der Waals surface area contributed by atoms with Crippen molar-refractivity contribution in [2.45, 2.75) is 31.9 Å². The van der Waals surface area contributed by atoms with Crippen molar-refractivity contribution in [1.82, 2.24) is 25.5 Å².